The molecule has 0 spiro atoms. The van der Waals surface area contributed by atoms with Crippen LogP contribution in [0.2, 0.25) is 5.02 Å². The Morgan fingerprint density at radius 1 is 1.32 bits per heavy atom. The summed E-state index contributed by atoms with van der Waals surface area (Å²) >= 11 is 5.94. The maximum Gasteiger partial charge on any atom is 0.120 e. The number of nitrogens with two attached hydrogens (primary N) is 1. The predicted octanol–water partition coefficient (Wildman–Crippen LogP) is 3.11. The number of nitrogen functional groups attached to an aromatic ring is 1. The first-order valence-electron chi connectivity index (χ1n) is 5.61. The highest BCUT2D eigenvalue weighted by Crippen LogP contribution is 2.25. The second-order valence-electron chi connectivity index (χ2n) is 4.02. The molecule has 0 unspecified atom stereocenters. The van der Waals surface area contributed by atoms with Crippen molar-refractivity contribution in [3.63, 3.8) is 0 Å². The minimum atomic E-state index is 0.155. The average Bonchev–Trinajstić information content (AvgIpc) is 2.40. The van der Waals surface area contributed by atoms with Gasteiger partial charge in [-0.15, -0.1) is 0 Å². The van der Waals surface area contributed by atoms with Gasteiger partial charge in [0.15, 0.2) is 0 Å². The molecule has 0 saturated heterocycles. The van der Waals surface area contributed by atoms with Crippen molar-refractivity contribution in [3.05, 3.63) is 52.5 Å². The Bertz CT molecular complexity index is 650. The number of hydrogen-bond acceptors (Lipinski definition) is 4. The first kappa shape index (κ1) is 13.1. The maximum absolute atomic E-state index is 9.71. The Morgan fingerprint density at radius 2 is 2.11 bits per heavy atom. The van der Waals surface area contributed by atoms with E-state index in [1.165, 1.54) is 6.07 Å². The zero-order valence-electron chi connectivity index (χ0n) is 10.0. The average molecular weight is 274 g/mol. The summed E-state index contributed by atoms with van der Waals surface area (Å²) in [5.41, 5.74) is 7.90. The van der Waals surface area contributed by atoms with Gasteiger partial charge in [0, 0.05) is 17.8 Å². The molecule has 0 bridgehead atoms. The van der Waals surface area contributed by atoms with E-state index in [9.17, 15) is 5.11 Å². The molecule has 0 atom stereocenters. The van der Waals surface area contributed by atoms with Crippen LogP contribution in [0.25, 0.3) is 0 Å². The summed E-state index contributed by atoms with van der Waals surface area (Å²) in [7, 11) is 0. The SMILES string of the molecule is N#Cc1c(Cl)cccc1NCc1cc(N)ccc1O. The van der Waals surface area contributed by atoms with Gasteiger partial charge in [-0.1, -0.05) is 17.7 Å². The first-order chi connectivity index (χ1) is 9.11. The van der Waals surface area contributed by atoms with E-state index in [1.807, 2.05) is 6.07 Å². The van der Waals surface area contributed by atoms with Crippen LogP contribution in [-0.4, -0.2) is 5.11 Å². The number of nitrogens with zero attached hydrogens (tertiary/aromatic N) is 1. The summed E-state index contributed by atoms with van der Waals surface area (Å²) in [6, 6.07) is 12.1. The van der Waals surface area contributed by atoms with Crippen molar-refractivity contribution in [2.45, 2.75) is 6.54 Å². The third-order valence-corrected chi connectivity index (χ3v) is 3.01. The lowest BCUT2D eigenvalue weighted by atomic mass is 10.1. The summed E-state index contributed by atoms with van der Waals surface area (Å²) < 4.78 is 0. The van der Waals surface area contributed by atoms with E-state index in [-0.39, 0.29) is 5.75 Å². The Morgan fingerprint density at radius 3 is 2.84 bits per heavy atom. The fourth-order valence-corrected chi connectivity index (χ4v) is 1.94. The van der Waals surface area contributed by atoms with E-state index in [1.54, 1.807) is 30.3 Å². The number of nitriles is 1. The smallest absolute Gasteiger partial charge is 0.120 e. The molecule has 4 N–H and O–H groups in total. The molecule has 2 rings (SSSR count). The van der Waals surface area contributed by atoms with Crippen molar-refractivity contribution in [2.24, 2.45) is 0 Å². The predicted molar refractivity (Wildman–Crippen MR) is 76.0 cm³/mol. The topological polar surface area (TPSA) is 82.1 Å². The fourth-order valence-electron chi connectivity index (χ4n) is 1.72. The Kier molecular flexibility index (Phi) is 3.79. The molecule has 19 heavy (non-hydrogen) atoms. The number of phenolic OH excluding ortho intramolecular Hbond substituents is 1. The normalized spacial score (nSPS) is 9.89. The summed E-state index contributed by atoms with van der Waals surface area (Å²) in [4.78, 5) is 0. The third-order valence-electron chi connectivity index (χ3n) is 2.70. The Hall–Kier alpha value is -2.38. The molecule has 0 heterocycles. The van der Waals surface area contributed by atoms with Crippen LogP contribution >= 0.6 is 11.6 Å². The molecule has 5 heteroatoms. The highest BCUT2D eigenvalue weighted by molar-refractivity contribution is 6.32. The van der Waals surface area contributed by atoms with E-state index in [0.717, 1.165) is 0 Å². The molecule has 0 aromatic heterocycles. The van der Waals surface area contributed by atoms with Crippen LogP contribution in [0.3, 0.4) is 0 Å². The Labute approximate surface area is 116 Å². The van der Waals surface area contributed by atoms with Crippen molar-refractivity contribution in [2.75, 3.05) is 11.1 Å². The van der Waals surface area contributed by atoms with E-state index in [4.69, 9.17) is 22.6 Å². The number of benzene rings is 2. The van der Waals surface area contributed by atoms with Crippen LogP contribution in [-0.2, 0) is 6.54 Å². The van der Waals surface area contributed by atoms with Gasteiger partial charge in [-0.05, 0) is 30.3 Å². The minimum Gasteiger partial charge on any atom is -0.508 e. The lowest BCUT2D eigenvalue weighted by Crippen LogP contribution is -2.02. The molecule has 0 fully saturated rings. The number of nitrogens with one attached hydrogen (secondary N) is 1. The van der Waals surface area contributed by atoms with Crippen LogP contribution in [0.4, 0.5) is 11.4 Å². The van der Waals surface area contributed by atoms with Crippen molar-refractivity contribution >= 4 is 23.0 Å². The van der Waals surface area contributed by atoms with E-state index >= 15 is 0 Å². The standard InChI is InChI=1S/C14H12ClN3O/c15-12-2-1-3-13(11(12)7-16)18-8-9-6-10(17)4-5-14(9)19/h1-6,18-19H,8,17H2. The molecule has 0 radical (unpaired) electrons. The third kappa shape index (κ3) is 2.90. The van der Waals surface area contributed by atoms with E-state index in [0.29, 0.717) is 34.1 Å². The quantitative estimate of drug-likeness (QED) is 0.593. The zero-order chi connectivity index (χ0) is 13.8. The molecule has 2 aromatic rings. The monoisotopic (exact) mass is 273 g/mol. The zero-order valence-corrected chi connectivity index (χ0v) is 10.8. The number of rotatable bonds is 3. The molecule has 96 valence electrons. The van der Waals surface area contributed by atoms with Crippen molar-refractivity contribution < 1.29 is 5.11 Å². The molecule has 0 saturated carbocycles. The number of anilines is 2. The second kappa shape index (κ2) is 5.51. The highest BCUT2D eigenvalue weighted by Gasteiger charge is 2.07. The highest BCUT2D eigenvalue weighted by atomic mass is 35.5. The van der Waals surface area contributed by atoms with E-state index in [2.05, 4.69) is 5.32 Å². The molecule has 2 aromatic carbocycles. The van der Waals surface area contributed by atoms with Crippen molar-refractivity contribution in [1.82, 2.24) is 0 Å². The minimum absolute atomic E-state index is 0.155. The van der Waals surface area contributed by atoms with Crippen LogP contribution in [0.15, 0.2) is 36.4 Å². The summed E-state index contributed by atoms with van der Waals surface area (Å²) in [6.07, 6.45) is 0. The molecule has 0 aliphatic heterocycles. The summed E-state index contributed by atoms with van der Waals surface area (Å²) in [5.74, 6) is 0.155. The number of halogens is 1. The van der Waals surface area contributed by atoms with Gasteiger partial charge < -0.3 is 16.2 Å². The fraction of sp³-hybridized carbons (Fsp3) is 0.0714. The van der Waals surface area contributed by atoms with E-state index < -0.39 is 0 Å². The van der Waals surface area contributed by atoms with Gasteiger partial charge in [-0.3, -0.25) is 0 Å². The number of hydrogen-bond donors (Lipinski definition) is 3. The number of aromatic hydroxyl groups is 1. The van der Waals surface area contributed by atoms with Crippen LogP contribution in [0.1, 0.15) is 11.1 Å². The van der Waals surface area contributed by atoms with Crippen LogP contribution in [0.5, 0.6) is 5.75 Å². The molecular weight excluding hydrogens is 262 g/mol. The van der Waals surface area contributed by atoms with Crippen molar-refractivity contribution in [3.8, 4) is 11.8 Å². The van der Waals surface area contributed by atoms with Crippen LogP contribution in [0, 0.1) is 11.3 Å². The summed E-state index contributed by atoms with van der Waals surface area (Å²) in [6.45, 7) is 0.353. The molecular formula is C14H12ClN3O. The van der Waals surface area contributed by atoms with Gasteiger partial charge in [0.05, 0.1) is 16.3 Å². The lowest BCUT2D eigenvalue weighted by molar-refractivity contribution is 0.469. The van der Waals surface area contributed by atoms with Gasteiger partial charge in [-0.2, -0.15) is 5.26 Å². The first-order valence-corrected chi connectivity index (χ1v) is 5.99. The van der Waals surface area contributed by atoms with Gasteiger partial charge in [-0.25, -0.2) is 0 Å². The molecule has 0 aliphatic carbocycles. The Balaban J connectivity index is 2.22. The lowest BCUT2D eigenvalue weighted by Gasteiger charge is -2.10. The molecule has 4 nitrogen and oxygen atoms in total. The van der Waals surface area contributed by atoms with Gasteiger partial charge in [0.25, 0.3) is 0 Å². The van der Waals surface area contributed by atoms with Gasteiger partial charge in [0.2, 0.25) is 0 Å². The number of phenols is 1. The summed E-state index contributed by atoms with van der Waals surface area (Å²) in [5, 5.41) is 22.2. The second-order valence-corrected chi connectivity index (χ2v) is 4.42. The molecule has 0 aliphatic rings. The van der Waals surface area contributed by atoms with Gasteiger partial charge >= 0.3 is 0 Å². The van der Waals surface area contributed by atoms with Crippen LogP contribution < -0.4 is 11.1 Å². The van der Waals surface area contributed by atoms with Gasteiger partial charge in [0.1, 0.15) is 11.8 Å². The van der Waals surface area contributed by atoms with Crippen molar-refractivity contribution in [1.29, 1.82) is 5.26 Å². The maximum atomic E-state index is 9.71. The largest absolute Gasteiger partial charge is 0.508 e. The molecule has 0 amide bonds.